The van der Waals surface area contributed by atoms with Gasteiger partial charge in [0.15, 0.2) is 0 Å². The van der Waals surface area contributed by atoms with Crippen molar-refractivity contribution in [2.24, 2.45) is 0 Å². The molecule has 8 heteroatoms. The van der Waals surface area contributed by atoms with Crippen LogP contribution in [-0.2, 0) is 38.1 Å². The summed E-state index contributed by atoms with van der Waals surface area (Å²) in [5, 5.41) is 0. The van der Waals surface area contributed by atoms with Crippen molar-refractivity contribution in [1.82, 2.24) is 0 Å². The van der Waals surface area contributed by atoms with Crippen LogP contribution in [0.15, 0.2) is 98.1 Å². The number of rotatable bonds is 13. The van der Waals surface area contributed by atoms with E-state index in [4.69, 9.17) is 9.47 Å². The van der Waals surface area contributed by atoms with Crippen molar-refractivity contribution in [2.75, 3.05) is 18.1 Å². The molecule has 0 amide bonds. The lowest BCUT2D eigenvalue weighted by Crippen LogP contribution is -2.11. The van der Waals surface area contributed by atoms with Crippen LogP contribution >= 0.6 is 0 Å². The second-order valence-electron chi connectivity index (χ2n) is 8.66. The number of carbonyl (C=O) groups is 2. The summed E-state index contributed by atoms with van der Waals surface area (Å²) in [6.07, 6.45) is 0.512. The zero-order chi connectivity index (χ0) is 28.3. The average molecular weight is 538 g/mol. The molecular weight excluding hydrogens is 507 g/mol. The summed E-state index contributed by atoms with van der Waals surface area (Å²) in [6.45, 7) is 7.30. The predicted octanol–water partition coefficient (Wildman–Crippen LogP) is 7.50. The molecule has 204 valence electrons. The number of benzene rings is 3. The van der Waals surface area contributed by atoms with Crippen molar-refractivity contribution >= 4 is 29.0 Å². The molecule has 39 heavy (non-hydrogen) atoms. The summed E-state index contributed by atoms with van der Waals surface area (Å²) in [5.74, 6) is -0.917. The standard InChI is InChI=1S/C31H30F3NO4/c1-3-29(36)38-21-5-7-23-9-15-26(16-10-23)35(28-19-13-25(14-20-28)31(32,33)34)27-17-11-24(12-18-27)8-6-22-39-30(37)4-2/h3-4,9-20H,1-2,5-8,21-22H2. The van der Waals surface area contributed by atoms with Crippen LogP contribution in [0.1, 0.15) is 29.5 Å². The smallest absolute Gasteiger partial charge is 0.416 e. The maximum Gasteiger partial charge on any atom is 0.416 e. The molecule has 0 bridgehead atoms. The summed E-state index contributed by atoms with van der Waals surface area (Å²) in [7, 11) is 0. The van der Waals surface area contributed by atoms with Gasteiger partial charge in [-0.2, -0.15) is 13.2 Å². The third kappa shape index (κ3) is 8.88. The highest BCUT2D eigenvalue weighted by molar-refractivity contribution is 5.81. The maximum atomic E-state index is 13.2. The van der Waals surface area contributed by atoms with E-state index in [9.17, 15) is 22.8 Å². The van der Waals surface area contributed by atoms with Crippen LogP contribution in [0.2, 0.25) is 0 Å². The van der Waals surface area contributed by atoms with Crippen LogP contribution in [0.3, 0.4) is 0 Å². The SMILES string of the molecule is C=CC(=O)OCCCc1ccc(N(c2ccc(CCCOC(=O)C=C)cc2)c2ccc(C(F)(F)F)cc2)cc1. The first-order valence-electron chi connectivity index (χ1n) is 12.4. The van der Waals surface area contributed by atoms with Gasteiger partial charge in [0, 0.05) is 29.2 Å². The van der Waals surface area contributed by atoms with Gasteiger partial charge < -0.3 is 14.4 Å². The first-order valence-corrected chi connectivity index (χ1v) is 12.4. The molecule has 0 unspecified atom stereocenters. The molecule has 0 atom stereocenters. The normalized spacial score (nSPS) is 10.9. The number of esters is 2. The molecule has 0 aromatic heterocycles. The van der Waals surface area contributed by atoms with Crippen LogP contribution in [0.4, 0.5) is 30.2 Å². The highest BCUT2D eigenvalue weighted by atomic mass is 19.4. The number of hydrogen-bond acceptors (Lipinski definition) is 5. The maximum absolute atomic E-state index is 13.2. The van der Waals surface area contributed by atoms with Crippen molar-refractivity contribution in [2.45, 2.75) is 31.9 Å². The summed E-state index contributed by atoms with van der Waals surface area (Å²) in [4.78, 5) is 24.2. The second kappa shape index (κ2) is 14.0. The molecule has 3 aromatic rings. The highest BCUT2D eigenvalue weighted by Crippen LogP contribution is 2.37. The minimum Gasteiger partial charge on any atom is -0.463 e. The van der Waals surface area contributed by atoms with E-state index in [1.165, 1.54) is 12.1 Å². The van der Waals surface area contributed by atoms with Crippen LogP contribution in [-0.4, -0.2) is 25.2 Å². The minimum atomic E-state index is -4.42. The molecule has 0 saturated heterocycles. The van der Waals surface area contributed by atoms with Crippen LogP contribution < -0.4 is 4.90 Å². The Kier molecular flexibility index (Phi) is 10.5. The zero-order valence-electron chi connectivity index (χ0n) is 21.5. The van der Waals surface area contributed by atoms with Gasteiger partial charge in [0.2, 0.25) is 0 Å². The number of hydrogen-bond donors (Lipinski definition) is 0. The van der Waals surface area contributed by atoms with Crippen molar-refractivity contribution in [3.63, 3.8) is 0 Å². The number of nitrogens with zero attached hydrogens (tertiary/aromatic N) is 1. The van der Waals surface area contributed by atoms with Crippen LogP contribution in [0.5, 0.6) is 0 Å². The summed E-state index contributed by atoms with van der Waals surface area (Å²) >= 11 is 0. The lowest BCUT2D eigenvalue weighted by Gasteiger charge is -2.26. The summed E-state index contributed by atoms with van der Waals surface area (Å²) in [6, 6.07) is 20.5. The Morgan fingerprint density at radius 1 is 0.667 bits per heavy atom. The Morgan fingerprint density at radius 2 is 1.03 bits per heavy atom. The third-order valence-electron chi connectivity index (χ3n) is 5.88. The van der Waals surface area contributed by atoms with Crippen molar-refractivity contribution in [1.29, 1.82) is 0 Å². The van der Waals surface area contributed by atoms with Gasteiger partial charge in [0.05, 0.1) is 18.8 Å². The molecule has 5 nitrogen and oxygen atoms in total. The van der Waals surface area contributed by atoms with Gasteiger partial charge in [-0.15, -0.1) is 0 Å². The fourth-order valence-corrected chi connectivity index (χ4v) is 3.89. The molecule has 0 radical (unpaired) electrons. The van der Waals surface area contributed by atoms with Gasteiger partial charge in [-0.25, -0.2) is 9.59 Å². The number of anilines is 3. The molecule has 0 spiro atoms. The first kappa shape index (κ1) is 29.2. The van der Waals surface area contributed by atoms with E-state index in [1.807, 2.05) is 53.4 Å². The largest absolute Gasteiger partial charge is 0.463 e. The fourth-order valence-electron chi connectivity index (χ4n) is 3.89. The second-order valence-corrected chi connectivity index (χ2v) is 8.66. The molecule has 0 aliphatic rings. The van der Waals surface area contributed by atoms with Gasteiger partial charge >= 0.3 is 18.1 Å². The van der Waals surface area contributed by atoms with Gasteiger partial charge in [0.25, 0.3) is 0 Å². The van der Waals surface area contributed by atoms with Crippen molar-refractivity contribution in [3.05, 3.63) is 115 Å². The number of aryl methyl sites for hydroxylation is 2. The van der Waals surface area contributed by atoms with E-state index in [-0.39, 0.29) is 13.2 Å². The van der Waals surface area contributed by atoms with Gasteiger partial charge in [-0.3, -0.25) is 0 Å². The van der Waals surface area contributed by atoms with E-state index in [1.54, 1.807) is 0 Å². The molecule has 0 saturated carbocycles. The minimum absolute atomic E-state index is 0.285. The Balaban J connectivity index is 1.78. The molecule has 0 fully saturated rings. The first-order chi connectivity index (χ1) is 18.7. The van der Waals surface area contributed by atoms with E-state index in [2.05, 4.69) is 13.2 Å². The predicted molar refractivity (Wildman–Crippen MR) is 145 cm³/mol. The highest BCUT2D eigenvalue weighted by Gasteiger charge is 2.30. The van der Waals surface area contributed by atoms with Crippen LogP contribution in [0, 0.1) is 0 Å². The number of carbonyl (C=O) groups excluding carboxylic acids is 2. The molecular formula is C31H30F3NO4. The number of alkyl halides is 3. The molecule has 0 aliphatic carbocycles. The Labute approximate surface area is 226 Å². The number of halogens is 3. The fraction of sp³-hybridized carbons (Fsp3) is 0.226. The lowest BCUT2D eigenvalue weighted by molar-refractivity contribution is -0.138. The molecule has 0 aliphatic heterocycles. The van der Waals surface area contributed by atoms with Gasteiger partial charge in [-0.1, -0.05) is 37.4 Å². The monoisotopic (exact) mass is 537 g/mol. The van der Waals surface area contributed by atoms with Crippen LogP contribution in [0.25, 0.3) is 0 Å². The van der Waals surface area contributed by atoms with E-state index < -0.39 is 23.7 Å². The Hall–Kier alpha value is -4.33. The van der Waals surface area contributed by atoms with Crippen molar-refractivity contribution < 1.29 is 32.2 Å². The molecule has 0 N–H and O–H groups in total. The van der Waals surface area contributed by atoms with E-state index >= 15 is 0 Å². The van der Waals surface area contributed by atoms with E-state index in [0.717, 1.165) is 46.8 Å². The van der Waals surface area contributed by atoms with Gasteiger partial charge in [0.1, 0.15) is 0 Å². The lowest BCUT2D eigenvalue weighted by atomic mass is 10.1. The summed E-state index contributed by atoms with van der Waals surface area (Å²) in [5.41, 5.74) is 3.49. The summed E-state index contributed by atoms with van der Waals surface area (Å²) < 4.78 is 49.5. The third-order valence-corrected chi connectivity index (χ3v) is 5.88. The quantitative estimate of drug-likeness (QED) is 0.128. The van der Waals surface area contributed by atoms with Crippen molar-refractivity contribution in [3.8, 4) is 0 Å². The molecule has 3 aromatic carbocycles. The van der Waals surface area contributed by atoms with Gasteiger partial charge in [-0.05, 0) is 85.3 Å². The average Bonchev–Trinajstić information content (AvgIpc) is 2.94. The molecule has 0 heterocycles. The number of ether oxygens (including phenoxy) is 2. The molecule has 3 rings (SSSR count). The topological polar surface area (TPSA) is 55.8 Å². The Morgan fingerprint density at radius 3 is 1.36 bits per heavy atom. The van der Waals surface area contributed by atoms with E-state index in [0.29, 0.717) is 31.4 Å². The zero-order valence-corrected chi connectivity index (χ0v) is 21.5. The Bertz CT molecular complexity index is 1180.